The van der Waals surface area contributed by atoms with Crippen LogP contribution in [0.25, 0.3) is 0 Å². The van der Waals surface area contributed by atoms with Gasteiger partial charge in [0.2, 0.25) is 0 Å². The molecule has 23 heavy (non-hydrogen) atoms. The third-order valence-electron chi connectivity index (χ3n) is 4.90. The van der Waals surface area contributed by atoms with Gasteiger partial charge in [0.15, 0.2) is 0 Å². The number of nitrogens with zero attached hydrogens (tertiary/aromatic N) is 4. The first kappa shape index (κ1) is 15.7. The SMILES string of the molecule is Brc1csc(CN2CCc3cnc(C4CCCCC4)nc3C2)n1. The smallest absolute Gasteiger partial charge is 0.131 e. The van der Waals surface area contributed by atoms with Gasteiger partial charge in [0.1, 0.15) is 15.4 Å². The third-order valence-corrected chi connectivity index (χ3v) is 6.44. The predicted octanol–water partition coefficient (Wildman–Crippen LogP) is 4.30. The molecule has 0 N–H and O–H groups in total. The average molecular weight is 393 g/mol. The maximum absolute atomic E-state index is 4.95. The van der Waals surface area contributed by atoms with E-state index in [0.29, 0.717) is 5.92 Å². The zero-order chi connectivity index (χ0) is 15.6. The summed E-state index contributed by atoms with van der Waals surface area (Å²) < 4.78 is 0.941. The van der Waals surface area contributed by atoms with E-state index >= 15 is 0 Å². The fraction of sp³-hybridized carbons (Fsp3) is 0.588. The number of fused-ring (bicyclic) bond motifs is 1. The summed E-state index contributed by atoms with van der Waals surface area (Å²) in [6, 6.07) is 0. The molecule has 0 radical (unpaired) electrons. The Labute approximate surface area is 149 Å². The van der Waals surface area contributed by atoms with Crippen LogP contribution in [0.1, 0.15) is 60.1 Å². The Kier molecular flexibility index (Phi) is 4.73. The minimum absolute atomic E-state index is 0.583. The molecule has 0 saturated heterocycles. The Morgan fingerprint density at radius 3 is 2.87 bits per heavy atom. The van der Waals surface area contributed by atoms with Crippen LogP contribution in [0.2, 0.25) is 0 Å². The highest BCUT2D eigenvalue weighted by Gasteiger charge is 2.23. The van der Waals surface area contributed by atoms with Gasteiger partial charge in [-0.05, 0) is 40.8 Å². The lowest BCUT2D eigenvalue weighted by Gasteiger charge is -2.28. The van der Waals surface area contributed by atoms with E-state index in [9.17, 15) is 0 Å². The highest BCUT2D eigenvalue weighted by molar-refractivity contribution is 9.10. The number of aromatic nitrogens is 3. The van der Waals surface area contributed by atoms with Crippen LogP contribution in [0.15, 0.2) is 16.2 Å². The molecule has 2 aliphatic rings. The van der Waals surface area contributed by atoms with Crippen molar-refractivity contribution in [2.75, 3.05) is 6.54 Å². The van der Waals surface area contributed by atoms with E-state index in [2.05, 4.69) is 42.4 Å². The molecular formula is C17H21BrN4S. The molecule has 4 rings (SSSR count). The summed E-state index contributed by atoms with van der Waals surface area (Å²) in [6.07, 6.45) is 9.69. The van der Waals surface area contributed by atoms with E-state index in [4.69, 9.17) is 4.98 Å². The normalized spacial score (nSPS) is 19.7. The van der Waals surface area contributed by atoms with E-state index < -0.39 is 0 Å². The molecule has 0 spiro atoms. The second-order valence-electron chi connectivity index (χ2n) is 6.56. The van der Waals surface area contributed by atoms with Crippen molar-refractivity contribution in [1.29, 1.82) is 0 Å². The van der Waals surface area contributed by atoms with Gasteiger partial charge < -0.3 is 0 Å². The second-order valence-corrected chi connectivity index (χ2v) is 8.31. The van der Waals surface area contributed by atoms with Crippen molar-refractivity contribution in [3.63, 3.8) is 0 Å². The minimum Gasteiger partial charge on any atom is -0.290 e. The Bertz CT molecular complexity index is 681. The van der Waals surface area contributed by atoms with Crippen LogP contribution >= 0.6 is 27.3 Å². The van der Waals surface area contributed by atoms with Crippen molar-refractivity contribution in [3.05, 3.63) is 38.3 Å². The second kappa shape index (κ2) is 6.95. The molecule has 0 bridgehead atoms. The fourth-order valence-corrected chi connectivity index (χ4v) is 4.92. The Morgan fingerprint density at radius 2 is 2.09 bits per heavy atom. The number of halogens is 1. The van der Waals surface area contributed by atoms with E-state index in [0.717, 1.165) is 36.5 Å². The lowest BCUT2D eigenvalue weighted by atomic mass is 9.88. The molecule has 122 valence electrons. The minimum atomic E-state index is 0.583. The highest BCUT2D eigenvalue weighted by atomic mass is 79.9. The van der Waals surface area contributed by atoms with Crippen LogP contribution in [-0.2, 0) is 19.5 Å². The number of thiazole rings is 1. The van der Waals surface area contributed by atoms with Crippen molar-refractivity contribution < 1.29 is 0 Å². The van der Waals surface area contributed by atoms with Crippen LogP contribution in [0.3, 0.4) is 0 Å². The summed E-state index contributed by atoms with van der Waals surface area (Å²) in [5.41, 5.74) is 2.57. The summed E-state index contributed by atoms with van der Waals surface area (Å²) in [6.45, 7) is 2.91. The molecule has 1 saturated carbocycles. The molecule has 1 aliphatic carbocycles. The maximum Gasteiger partial charge on any atom is 0.131 e. The first-order chi connectivity index (χ1) is 11.3. The summed E-state index contributed by atoms with van der Waals surface area (Å²) >= 11 is 5.15. The van der Waals surface area contributed by atoms with Gasteiger partial charge in [0.05, 0.1) is 12.2 Å². The van der Waals surface area contributed by atoms with Crippen LogP contribution in [-0.4, -0.2) is 26.4 Å². The monoisotopic (exact) mass is 392 g/mol. The average Bonchev–Trinajstić information content (AvgIpc) is 3.00. The van der Waals surface area contributed by atoms with Gasteiger partial charge in [-0.1, -0.05) is 19.3 Å². The summed E-state index contributed by atoms with van der Waals surface area (Å²) in [5, 5.41) is 3.22. The molecule has 6 heteroatoms. The standard InChI is InChI=1S/C17H21BrN4S/c18-15-11-23-16(21-15)10-22-7-6-13-8-19-17(20-14(13)9-22)12-4-2-1-3-5-12/h8,11-12H,1-7,9-10H2. The molecule has 2 aromatic heterocycles. The zero-order valence-corrected chi connectivity index (χ0v) is 15.6. The number of hydrogen-bond donors (Lipinski definition) is 0. The number of rotatable bonds is 3. The predicted molar refractivity (Wildman–Crippen MR) is 95.5 cm³/mol. The van der Waals surface area contributed by atoms with E-state index in [1.807, 2.05) is 0 Å². The molecule has 0 aromatic carbocycles. The third kappa shape index (κ3) is 3.64. The van der Waals surface area contributed by atoms with Crippen molar-refractivity contribution in [2.24, 2.45) is 0 Å². The Morgan fingerprint density at radius 1 is 1.22 bits per heavy atom. The molecule has 0 amide bonds. The molecule has 0 atom stereocenters. The van der Waals surface area contributed by atoms with Gasteiger partial charge in [-0.3, -0.25) is 4.90 Å². The molecule has 4 nitrogen and oxygen atoms in total. The van der Waals surface area contributed by atoms with Crippen LogP contribution in [0, 0.1) is 0 Å². The Hall–Kier alpha value is -0.850. The van der Waals surface area contributed by atoms with Crippen LogP contribution in [0.4, 0.5) is 0 Å². The lowest BCUT2D eigenvalue weighted by molar-refractivity contribution is 0.239. The molecule has 3 heterocycles. The summed E-state index contributed by atoms with van der Waals surface area (Å²) in [7, 11) is 0. The van der Waals surface area contributed by atoms with Crippen molar-refractivity contribution in [2.45, 2.75) is 57.5 Å². The largest absolute Gasteiger partial charge is 0.290 e. The topological polar surface area (TPSA) is 41.9 Å². The lowest BCUT2D eigenvalue weighted by Crippen LogP contribution is -2.31. The summed E-state index contributed by atoms with van der Waals surface area (Å²) in [5.74, 6) is 1.67. The van der Waals surface area contributed by atoms with Crippen LogP contribution < -0.4 is 0 Å². The molecular weight excluding hydrogens is 372 g/mol. The van der Waals surface area contributed by atoms with Gasteiger partial charge in [-0.2, -0.15) is 0 Å². The van der Waals surface area contributed by atoms with Gasteiger partial charge in [-0.25, -0.2) is 15.0 Å². The van der Waals surface area contributed by atoms with E-state index in [1.54, 1.807) is 11.3 Å². The summed E-state index contributed by atoms with van der Waals surface area (Å²) in [4.78, 5) is 16.6. The fourth-order valence-electron chi connectivity index (χ4n) is 3.62. The molecule has 1 aliphatic heterocycles. The Balaban J connectivity index is 1.48. The quantitative estimate of drug-likeness (QED) is 0.780. The van der Waals surface area contributed by atoms with Crippen molar-refractivity contribution in [1.82, 2.24) is 19.9 Å². The molecule has 1 fully saturated rings. The first-order valence-corrected chi connectivity index (χ1v) is 10.1. The maximum atomic E-state index is 4.95. The van der Waals surface area contributed by atoms with Gasteiger partial charge in [-0.15, -0.1) is 11.3 Å². The molecule has 2 aromatic rings. The van der Waals surface area contributed by atoms with Crippen molar-refractivity contribution in [3.8, 4) is 0 Å². The van der Waals surface area contributed by atoms with Gasteiger partial charge in [0, 0.05) is 30.6 Å². The zero-order valence-electron chi connectivity index (χ0n) is 13.2. The van der Waals surface area contributed by atoms with Gasteiger partial charge >= 0.3 is 0 Å². The van der Waals surface area contributed by atoms with Gasteiger partial charge in [0.25, 0.3) is 0 Å². The number of hydrogen-bond acceptors (Lipinski definition) is 5. The van der Waals surface area contributed by atoms with Crippen LogP contribution in [0.5, 0.6) is 0 Å². The highest BCUT2D eigenvalue weighted by Crippen LogP contribution is 2.31. The van der Waals surface area contributed by atoms with E-state index in [-0.39, 0.29) is 0 Å². The molecule has 0 unspecified atom stereocenters. The van der Waals surface area contributed by atoms with Crippen molar-refractivity contribution >= 4 is 27.3 Å². The van der Waals surface area contributed by atoms with E-state index in [1.165, 1.54) is 48.4 Å². The first-order valence-electron chi connectivity index (χ1n) is 8.45.